The van der Waals surface area contributed by atoms with Crippen LogP contribution in [0.25, 0.3) is 6.08 Å². The smallest absolute Gasteiger partial charge is 0.270 e. The maximum atomic E-state index is 13.1. The molecule has 3 rings (SSSR count). The topological polar surface area (TPSA) is 69.3 Å². The van der Waals surface area contributed by atoms with Crippen LogP contribution >= 0.6 is 24.0 Å². The zero-order chi connectivity index (χ0) is 22.5. The molecule has 0 bridgehead atoms. The van der Waals surface area contributed by atoms with Crippen molar-refractivity contribution in [2.45, 2.75) is 65.8 Å². The average molecular weight is 459 g/mol. The first kappa shape index (κ1) is 23.6. The zero-order valence-electron chi connectivity index (χ0n) is 18.6. The molecule has 3 heterocycles. The number of nitriles is 1. The first-order chi connectivity index (χ1) is 14.9. The van der Waals surface area contributed by atoms with Crippen molar-refractivity contribution in [2.75, 3.05) is 24.5 Å². The Bertz CT molecular complexity index is 1000. The van der Waals surface area contributed by atoms with Gasteiger partial charge in [-0.2, -0.15) is 5.26 Å². The summed E-state index contributed by atoms with van der Waals surface area (Å²) >= 11 is 6.79. The fourth-order valence-electron chi connectivity index (χ4n) is 4.19. The standard InChI is InChI=1S/C23H30N4O2S2/c1-4-6-7-13-27-22(29)19(31-23(27)30)14-17-16(3)18(15-24)21(28)26(10-5-2)20(17)25-11-8-9-12-25/h14H,4-13H2,1-3H3/b19-14-. The maximum absolute atomic E-state index is 13.1. The SMILES string of the molecule is CCCCCN1C(=O)/C(=C/c2c(C)c(C#N)c(=O)n(CCC)c2N2CCCC2)SC1=S. The number of nitrogens with zero attached hydrogens (tertiary/aromatic N) is 4. The Balaban J connectivity index is 2.13. The molecule has 2 fully saturated rings. The molecule has 2 saturated heterocycles. The summed E-state index contributed by atoms with van der Waals surface area (Å²) < 4.78 is 2.31. The number of carbonyl (C=O) groups excluding carboxylic acids is 1. The van der Waals surface area contributed by atoms with Crippen LogP contribution in [0.1, 0.15) is 69.1 Å². The van der Waals surface area contributed by atoms with Crippen molar-refractivity contribution in [1.82, 2.24) is 9.47 Å². The quantitative estimate of drug-likeness (QED) is 0.326. The van der Waals surface area contributed by atoms with Crippen LogP contribution in [0.2, 0.25) is 0 Å². The van der Waals surface area contributed by atoms with Crippen LogP contribution in [-0.2, 0) is 11.3 Å². The van der Waals surface area contributed by atoms with Gasteiger partial charge in [0.05, 0.1) is 4.91 Å². The van der Waals surface area contributed by atoms with Crippen LogP contribution in [0, 0.1) is 18.3 Å². The van der Waals surface area contributed by atoms with Gasteiger partial charge in [0, 0.05) is 31.7 Å². The highest BCUT2D eigenvalue weighted by Crippen LogP contribution is 2.36. The number of carbonyl (C=O) groups is 1. The molecule has 2 aliphatic rings. The molecule has 0 saturated carbocycles. The Hall–Kier alpha value is -2.11. The Labute approximate surface area is 193 Å². The monoisotopic (exact) mass is 458 g/mol. The fraction of sp³-hybridized carbons (Fsp3) is 0.565. The molecule has 1 aromatic rings. The van der Waals surface area contributed by atoms with Crippen molar-refractivity contribution >= 4 is 46.1 Å². The molecule has 31 heavy (non-hydrogen) atoms. The highest BCUT2D eigenvalue weighted by Gasteiger charge is 2.33. The van der Waals surface area contributed by atoms with Crippen LogP contribution in [0.4, 0.5) is 5.82 Å². The summed E-state index contributed by atoms with van der Waals surface area (Å²) in [4.78, 5) is 30.6. The molecular formula is C23H30N4O2S2. The summed E-state index contributed by atoms with van der Waals surface area (Å²) in [5.41, 5.74) is 1.34. The second kappa shape index (κ2) is 10.5. The molecule has 0 spiro atoms. The van der Waals surface area contributed by atoms with E-state index in [2.05, 4.69) is 17.9 Å². The van der Waals surface area contributed by atoms with E-state index in [9.17, 15) is 14.9 Å². The summed E-state index contributed by atoms with van der Waals surface area (Å²) in [5, 5.41) is 9.69. The van der Waals surface area contributed by atoms with Crippen LogP contribution in [-0.4, -0.2) is 39.3 Å². The van der Waals surface area contributed by atoms with Crippen molar-refractivity contribution < 1.29 is 4.79 Å². The van der Waals surface area contributed by atoms with E-state index >= 15 is 0 Å². The van der Waals surface area contributed by atoms with Crippen molar-refractivity contribution in [3.63, 3.8) is 0 Å². The Kier molecular flexibility index (Phi) is 7.95. The maximum Gasteiger partial charge on any atom is 0.270 e. The predicted molar refractivity (Wildman–Crippen MR) is 131 cm³/mol. The molecular weight excluding hydrogens is 428 g/mol. The van der Waals surface area contributed by atoms with E-state index in [4.69, 9.17) is 12.2 Å². The summed E-state index contributed by atoms with van der Waals surface area (Å²) in [6.07, 6.45) is 7.84. The molecule has 8 heteroatoms. The van der Waals surface area contributed by atoms with Gasteiger partial charge in [0.1, 0.15) is 21.8 Å². The van der Waals surface area contributed by atoms with Gasteiger partial charge in [0.25, 0.3) is 11.5 Å². The van der Waals surface area contributed by atoms with Crippen LogP contribution in [0.5, 0.6) is 0 Å². The molecule has 6 nitrogen and oxygen atoms in total. The first-order valence-corrected chi connectivity index (χ1v) is 12.3. The lowest BCUT2D eigenvalue weighted by atomic mass is 10.0. The van der Waals surface area contributed by atoms with E-state index in [0.29, 0.717) is 27.9 Å². The number of unbranched alkanes of at least 4 members (excludes halogenated alkanes) is 2. The Morgan fingerprint density at radius 1 is 1.13 bits per heavy atom. The second-order valence-electron chi connectivity index (χ2n) is 8.04. The zero-order valence-corrected chi connectivity index (χ0v) is 20.2. The van der Waals surface area contributed by atoms with E-state index in [1.54, 1.807) is 9.47 Å². The van der Waals surface area contributed by atoms with Crippen LogP contribution in [0.3, 0.4) is 0 Å². The van der Waals surface area contributed by atoms with Crippen LogP contribution < -0.4 is 10.5 Å². The molecule has 0 aromatic carbocycles. The number of hydrogen-bond acceptors (Lipinski definition) is 6. The lowest BCUT2D eigenvalue weighted by Crippen LogP contribution is -2.33. The summed E-state index contributed by atoms with van der Waals surface area (Å²) in [5.74, 6) is 0.752. The molecule has 0 aliphatic carbocycles. The van der Waals surface area contributed by atoms with Gasteiger partial charge < -0.3 is 4.90 Å². The van der Waals surface area contributed by atoms with E-state index in [0.717, 1.165) is 63.0 Å². The summed E-state index contributed by atoms with van der Waals surface area (Å²) in [7, 11) is 0. The van der Waals surface area contributed by atoms with Crippen LogP contribution in [0.15, 0.2) is 9.70 Å². The average Bonchev–Trinajstić information content (AvgIpc) is 3.36. The lowest BCUT2D eigenvalue weighted by Gasteiger charge is -2.26. The first-order valence-electron chi connectivity index (χ1n) is 11.1. The molecule has 0 unspecified atom stereocenters. The van der Waals surface area contributed by atoms with Gasteiger partial charge in [-0.05, 0) is 44.2 Å². The van der Waals surface area contributed by atoms with Gasteiger partial charge in [-0.25, -0.2) is 0 Å². The number of amides is 1. The summed E-state index contributed by atoms with van der Waals surface area (Å²) in [6, 6.07) is 2.10. The Morgan fingerprint density at radius 3 is 2.45 bits per heavy atom. The molecule has 0 radical (unpaired) electrons. The van der Waals surface area contributed by atoms with Gasteiger partial charge in [-0.3, -0.25) is 19.1 Å². The molecule has 0 N–H and O–H groups in total. The molecule has 0 atom stereocenters. The van der Waals surface area contributed by atoms with E-state index in [1.165, 1.54) is 11.8 Å². The molecule has 2 aliphatic heterocycles. The minimum atomic E-state index is -0.243. The highest BCUT2D eigenvalue weighted by atomic mass is 32.2. The van der Waals surface area contributed by atoms with Crippen molar-refractivity contribution in [3.8, 4) is 6.07 Å². The number of thioether (sulfide) groups is 1. The Morgan fingerprint density at radius 2 is 1.84 bits per heavy atom. The minimum Gasteiger partial charge on any atom is -0.357 e. The minimum absolute atomic E-state index is 0.0791. The lowest BCUT2D eigenvalue weighted by molar-refractivity contribution is -0.122. The molecule has 166 valence electrons. The largest absolute Gasteiger partial charge is 0.357 e. The highest BCUT2D eigenvalue weighted by molar-refractivity contribution is 8.26. The number of aromatic nitrogens is 1. The van der Waals surface area contributed by atoms with Gasteiger partial charge in [-0.15, -0.1) is 0 Å². The van der Waals surface area contributed by atoms with E-state index in [1.807, 2.05) is 19.9 Å². The van der Waals surface area contributed by atoms with Crippen molar-refractivity contribution in [2.24, 2.45) is 0 Å². The predicted octanol–water partition coefficient (Wildman–Crippen LogP) is 4.43. The number of pyridine rings is 1. The number of rotatable bonds is 8. The van der Waals surface area contributed by atoms with Gasteiger partial charge >= 0.3 is 0 Å². The number of hydrogen-bond donors (Lipinski definition) is 0. The molecule has 1 amide bonds. The van der Waals surface area contributed by atoms with Crippen molar-refractivity contribution in [1.29, 1.82) is 5.26 Å². The third-order valence-corrected chi connectivity index (χ3v) is 7.21. The third kappa shape index (κ3) is 4.73. The van der Waals surface area contributed by atoms with Gasteiger partial charge in [0.15, 0.2) is 0 Å². The number of thiocarbonyl (C=S) groups is 1. The fourth-order valence-corrected chi connectivity index (χ4v) is 5.48. The van der Waals surface area contributed by atoms with Gasteiger partial charge in [0.2, 0.25) is 0 Å². The summed E-state index contributed by atoms with van der Waals surface area (Å²) in [6.45, 7) is 8.87. The van der Waals surface area contributed by atoms with E-state index in [-0.39, 0.29) is 17.0 Å². The molecule has 1 aromatic heterocycles. The third-order valence-electron chi connectivity index (χ3n) is 5.83. The number of anilines is 1. The van der Waals surface area contributed by atoms with Crippen molar-refractivity contribution in [3.05, 3.63) is 31.9 Å². The normalized spacial score (nSPS) is 17.8. The van der Waals surface area contributed by atoms with E-state index < -0.39 is 0 Å². The second-order valence-corrected chi connectivity index (χ2v) is 9.72. The van der Waals surface area contributed by atoms with Gasteiger partial charge in [-0.1, -0.05) is 50.7 Å².